The number of ether oxygens (including phenoxy) is 3. The maximum absolute atomic E-state index is 13.4. The fraction of sp³-hybridized carbons (Fsp3) is 0.556. The number of fused-ring (bicyclic) bond motifs is 1. The number of likely N-dealkylation sites (tertiary alicyclic amines) is 1. The average Bonchev–Trinajstić information content (AvgIpc) is 3.37. The highest BCUT2D eigenvalue weighted by Crippen LogP contribution is 2.57. The number of rotatable bonds is 8. The van der Waals surface area contributed by atoms with Crippen LogP contribution in [0.1, 0.15) is 53.4 Å². The highest BCUT2D eigenvalue weighted by Gasteiger charge is 2.61. The van der Waals surface area contributed by atoms with Crippen LogP contribution in [0, 0.1) is 11.3 Å². The number of aromatic nitrogens is 1. The molecule has 4 atom stereocenters. The number of hydrogen-bond donors (Lipinski definition) is 1. The van der Waals surface area contributed by atoms with Gasteiger partial charge in [0.2, 0.25) is 5.88 Å². The molecule has 194 valence electrons. The Morgan fingerprint density at radius 2 is 1.97 bits per heavy atom. The lowest BCUT2D eigenvalue weighted by Gasteiger charge is -2.28. The van der Waals surface area contributed by atoms with E-state index in [0.29, 0.717) is 24.5 Å². The van der Waals surface area contributed by atoms with E-state index in [0.717, 1.165) is 10.8 Å². The van der Waals surface area contributed by atoms with Gasteiger partial charge < -0.3 is 19.3 Å². The molecular formula is C27H34N2O7. The van der Waals surface area contributed by atoms with Crippen LogP contribution in [0.15, 0.2) is 30.5 Å². The zero-order valence-electron chi connectivity index (χ0n) is 21.4. The maximum Gasteiger partial charge on any atom is 0.411 e. The number of carboxylic acids is 1. The highest BCUT2D eigenvalue weighted by atomic mass is 16.6. The number of benzene rings is 1. The molecule has 1 aliphatic carbocycles. The summed E-state index contributed by atoms with van der Waals surface area (Å²) in [5, 5.41) is 11.5. The minimum atomic E-state index is -1.04. The van der Waals surface area contributed by atoms with Crippen molar-refractivity contribution in [3.05, 3.63) is 30.5 Å². The Labute approximate surface area is 210 Å². The Morgan fingerprint density at radius 1 is 1.22 bits per heavy atom. The highest BCUT2D eigenvalue weighted by molar-refractivity contribution is 5.93. The lowest BCUT2D eigenvalue weighted by atomic mass is 9.92. The van der Waals surface area contributed by atoms with Gasteiger partial charge in [-0.05, 0) is 62.8 Å². The standard InChI is InChI=1S/C27H34N2O7/c1-6-17-13-27(17,24(31)32)14-22(30)21-12-19(15-29(21)25(33)36-26(2,3)4)35-23-20-8-7-18(34-5)11-16(20)9-10-28-23/h7-11,17,19,21H,6,12-15H2,1-5H3,(H,31,32)/t17-,19-,21+,27-/m1/s1. The Kier molecular flexibility index (Phi) is 6.86. The smallest absolute Gasteiger partial charge is 0.411 e. The van der Waals surface area contributed by atoms with E-state index in [4.69, 9.17) is 14.2 Å². The van der Waals surface area contributed by atoms with Crippen molar-refractivity contribution >= 4 is 28.6 Å². The molecule has 0 unspecified atom stereocenters. The van der Waals surface area contributed by atoms with Crippen LogP contribution < -0.4 is 9.47 Å². The Balaban J connectivity index is 1.57. The third kappa shape index (κ3) is 5.10. The molecule has 1 amide bonds. The Hall–Kier alpha value is -3.36. The van der Waals surface area contributed by atoms with Gasteiger partial charge in [-0.25, -0.2) is 9.78 Å². The third-order valence-electron chi connectivity index (χ3n) is 7.12. The van der Waals surface area contributed by atoms with Crippen LogP contribution in [-0.4, -0.2) is 64.2 Å². The van der Waals surface area contributed by atoms with E-state index in [2.05, 4.69) is 4.98 Å². The number of carboxylic acid groups (broad SMARTS) is 1. The monoisotopic (exact) mass is 498 g/mol. The normalized spacial score (nSPS) is 25.5. The molecule has 1 saturated heterocycles. The number of carbonyl (C=O) groups excluding carboxylic acids is 2. The Bertz CT molecular complexity index is 1170. The molecule has 1 aromatic heterocycles. The molecule has 9 nitrogen and oxygen atoms in total. The van der Waals surface area contributed by atoms with E-state index in [1.54, 1.807) is 34.1 Å². The molecule has 1 saturated carbocycles. The van der Waals surface area contributed by atoms with Crippen LogP contribution in [0.3, 0.4) is 0 Å². The maximum atomic E-state index is 13.4. The fourth-order valence-corrected chi connectivity index (χ4v) is 5.12. The number of carbonyl (C=O) groups is 3. The lowest BCUT2D eigenvalue weighted by Crippen LogP contribution is -2.44. The summed E-state index contributed by atoms with van der Waals surface area (Å²) in [6, 6.07) is 6.58. The molecule has 0 spiro atoms. The second-order valence-corrected chi connectivity index (χ2v) is 10.7. The molecule has 1 aliphatic heterocycles. The summed E-state index contributed by atoms with van der Waals surface area (Å²) in [6.45, 7) is 7.34. The van der Waals surface area contributed by atoms with Crippen LogP contribution in [0.2, 0.25) is 0 Å². The largest absolute Gasteiger partial charge is 0.497 e. The van der Waals surface area contributed by atoms with Gasteiger partial charge in [-0.1, -0.05) is 13.3 Å². The molecule has 9 heteroatoms. The molecule has 2 heterocycles. The van der Waals surface area contributed by atoms with Crippen LogP contribution in [0.4, 0.5) is 4.79 Å². The van der Waals surface area contributed by atoms with Gasteiger partial charge in [-0.15, -0.1) is 0 Å². The van der Waals surface area contributed by atoms with Gasteiger partial charge in [0, 0.05) is 24.4 Å². The van der Waals surface area contributed by atoms with Gasteiger partial charge in [-0.2, -0.15) is 0 Å². The molecule has 1 N–H and O–H groups in total. The minimum Gasteiger partial charge on any atom is -0.497 e. The Morgan fingerprint density at radius 3 is 2.58 bits per heavy atom. The van der Waals surface area contributed by atoms with Crippen LogP contribution in [0.5, 0.6) is 11.6 Å². The van der Waals surface area contributed by atoms with Gasteiger partial charge in [0.1, 0.15) is 17.5 Å². The van der Waals surface area contributed by atoms with E-state index in [1.165, 1.54) is 4.90 Å². The first-order valence-electron chi connectivity index (χ1n) is 12.3. The summed E-state index contributed by atoms with van der Waals surface area (Å²) >= 11 is 0. The van der Waals surface area contributed by atoms with Crippen molar-refractivity contribution in [1.29, 1.82) is 0 Å². The van der Waals surface area contributed by atoms with E-state index >= 15 is 0 Å². The molecule has 4 rings (SSSR count). The van der Waals surface area contributed by atoms with Gasteiger partial charge in [0.15, 0.2) is 5.78 Å². The molecule has 2 aliphatic rings. The fourth-order valence-electron chi connectivity index (χ4n) is 5.12. The number of ketones is 1. The predicted octanol–water partition coefficient (Wildman–Crippen LogP) is 4.46. The summed E-state index contributed by atoms with van der Waals surface area (Å²) < 4.78 is 17.1. The number of nitrogens with zero attached hydrogens (tertiary/aromatic N) is 2. The molecule has 0 bridgehead atoms. The second-order valence-electron chi connectivity index (χ2n) is 10.7. The van der Waals surface area contributed by atoms with Crippen LogP contribution >= 0.6 is 0 Å². The topological polar surface area (TPSA) is 115 Å². The van der Waals surface area contributed by atoms with Crippen molar-refractivity contribution in [2.24, 2.45) is 11.3 Å². The van der Waals surface area contributed by atoms with Crippen LogP contribution in [-0.2, 0) is 14.3 Å². The minimum absolute atomic E-state index is 0.0285. The number of hydrogen-bond acceptors (Lipinski definition) is 7. The number of aliphatic carboxylic acids is 1. The van der Waals surface area contributed by atoms with Gasteiger partial charge in [-0.3, -0.25) is 14.5 Å². The first-order valence-corrected chi connectivity index (χ1v) is 12.3. The number of pyridine rings is 1. The van der Waals surface area contributed by atoms with Crippen molar-refractivity contribution < 1.29 is 33.7 Å². The average molecular weight is 499 g/mol. The summed E-state index contributed by atoms with van der Waals surface area (Å²) in [4.78, 5) is 44.2. The van der Waals surface area contributed by atoms with Crippen molar-refractivity contribution in [1.82, 2.24) is 9.88 Å². The van der Waals surface area contributed by atoms with E-state index in [9.17, 15) is 19.5 Å². The SMILES string of the molecule is CC[C@@H]1C[C@]1(CC(=O)[C@@H]1C[C@@H](Oc2nccc3cc(OC)ccc23)CN1C(=O)OC(C)(C)C)C(=O)O. The van der Waals surface area contributed by atoms with Crippen molar-refractivity contribution in [3.8, 4) is 11.6 Å². The van der Waals surface area contributed by atoms with Crippen molar-refractivity contribution in [2.45, 2.75) is 71.1 Å². The van der Waals surface area contributed by atoms with E-state index < -0.39 is 35.2 Å². The summed E-state index contributed by atoms with van der Waals surface area (Å²) in [5.41, 5.74) is -1.79. The molecule has 2 fully saturated rings. The molecular weight excluding hydrogens is 464 g/mol. The molecule has 2 aromatic rings. The quantitative estimate of drug-likeness (QED) is 0.567. The van der Waals surface area contributed by atoms with Crippen molar-refractivity contribution in [3.63, 3.8) is 0 Å². The van der Waals surface area contributed by atoms with Gasteiger partial charge in [0.05, 0.1) is 25.1 Å². The van der Waals surface area contributed by atoms with E-state index in [1.807, 2.05) is 31.2 Å². The zero-order chi connectivity index (χ0) is 26.3. The molecule has 36 heavy (non-hydrogen) atoms. The first kappa shape index (κ1) is 25.7. The molecule has 0 radical (unpaired) electrons. The summed E-state index contributed by atoms with van der Waals surface area (Å²) in [7, 11) is 1.60. The number of Topliss-reactive ketones (excluding diaryl/α,β-unsaturated/α-hetero) is 1. The number of methoxy groups -OCH3 is 1. The molecule has 1 aromatic carbocycles. The van der Waals surface area contributed by atoms with Gasteiger partial charge >= 0.3 is 12.1 Å². The number of amides is 1. The summed E-state index contributed by atoms with van der Waals surface area (Å²) in [5.74, 6) is -0.152. The predicted molar refractivity (Wildman–Crippen MR) is 132 cm³/mol. The van der Waals surface area contributed by atoms with Crippen molar-refractivity contribution in [2.75, 3.05) is 13.7 Å². The zero-order valence-corrected chi connectivity index (χ0v) is 21.4. The second kappa shape index (κ2) is 9.59. The first-order chi connectivity index (χ1) is 17.0. The third-order valence-corrected chi connectivity index (χ3v) is 7.12. The van der Waals surface area contributed by atoms with E-state index in [-0.39, 0.29) is 31.1 Å². The lowest BCUT2D eigenvalue weighted by molar-refractivity contribution is -0.146. The van der Waals surface area contributed by atoms with Gasteiger partial charge in [0.25, 0.3) is 0 Å². The van der Waals surface area contributed by atoms with Crippen LogP contribution in [0.25, 0.3) is 10.8 Å². The summed E-state index contributed by atoms with van der Waals surface area (Å²) in [6.07, 6.45) is 1.82.